The maximum Gasteiger partial charge on any atom is 0.140 e. The molecule has 0 unspecified atom stereocenters. The highest BCUT2D eigenvalue weighted by Crippen LogP contribution is 2.30. The molecule has 4 heteroatoms. The molecule has 4 aromatic rings. The van der Waals surface area contributed by atoms with Crippen LogP contribution in [-0.2, 0) is 13.1 Å². The summed E-state index contributed by atoms with van der Waals surface area (Å²) in [5, 5.41) is 1.23. The van der Waals surface area contributed by atoms with Crippen LogP contribution < -0.4 is 4.90 Å². The number of piperidine rings is 1. The van der Waals surface area contributed by atoms with Crippen LogP contribution in [0.25, 0.3) is 17.1 Å². The molecule has 2 aromatic carbocycles. The van der Waals surface area contributed by atoms with E-state index in [1.165, 1.54) is 40.6 Å². The predicted molar refractivity (Wildman–Crippen MR) is 152 cm³/mol. The zero-order valence-corrected chi connectivity index (χ0v) is 21.3. The lowest BCUT2D eigenvalue weighted by Crippen LogP contribution is -2.32. The second kappa shape index (κ2) is 11.0. The average Bonchev–Trinajstić information content (AvgIpc) is 3.33. The van der Waals surface area contributed by atoms with Gasteiger partial charge in [0, 0.05) is 43.1 Å². The maximum absolute atomic E-state index is 4.89. The molecule has 1 aliphatic heterocycles. The van der Waals surface area contributed by atoms with Crippen molar-refractivity contribution in [2.24, 2.45) is 0 Å². The van der Waals surface area contributed by atoms with Gasteiger partial charge in [0.25, 0.3) is 0 Å². The van der Waals surface area contributed by atoms with Gasteiger partial charge in [-0.05, 0) is 91.5 Å². The third kappa shape index (κ3) is 5.29. The van der Waals surface area contributed by atoms with Gasteiger partial charge in [-0.25, -0.2) is 4.98 Å². The third-order valence-corrected chi connectivity index (χ3v) is 7.48. The minimum Gasteiger partial charge on any atom is -0.349 e. The summed E-state index contributed by atoms with van der Waals surface area (Å²) in [7, 11) is 0. The van der Waals surface area contributed by atoms with Crippen molar-refractivity contribution in [1.29, 1.82) is 0 Å². The van der Waals surface area contributed by atoms with Gasteiger partial charge in [-0.3, -0.25) is 4.90 Å². The van der Waals surface area contributed by atoms with Gasteiger partial charge in [0.15, 0.2) is 0 Å². The van der Waals surface area contributed by atoms with E-state index in [0.29, 0.717) is 5.92 Å². The summed E-state index contributed by atoms with van der Waals surface area (Å²) >= 11 is 0. The van der Waals surface area contributed by atoms with Crippen molar-refractivity contribution in [3.8, 4) is 0 Å². The zero-order chi connectivity index (χ0) is 24.9. The molecule has 2 aromatic heterocycles. The molecule has 0 saturated carbocycles. The molecule has 4 nitrogen and oxygen atoms in total. The summed E-state index contributed by atoms with van der Waals surface area (Å²) in [6.07, 6.45) is 10.4. The van der Waals surface area contributed by atoms with E-state index in [0.717, 1.165) is 43.9 Å². The zero-order valence-electron chi connectivity index (χ0n) is 21.3. The highest BCUT2D eigenvalue weighted by molar-refractivity contribution is 5.77. The molecule has 1 fully saturated rings. The quantitative estimate of drug-likeness (QED) is 0.258. The number of likely N-dealkylation sites (tertiary alicyclic amines) is 1. The first kappa shape index (κ1) is 24.1. The predicted octanol–water partition coefficient (Wildman–Crippen LogP) is 7.08. The number of hydrogen-bond acceptors (Lipinski definition) is 3. The van der Waals surface area contributed by atoms with Crippen LogP contribution in [0.4, 0.5) is 5.69 Å². The summed E-state index contributed by atoms with van der Waals surface area (Å²) in [5.41, 5.74) is 7.44. The van der Waals surface area contributed by atoms with Gasteiger partial charge in [0.05, 0.1) is 0 Å². The Morgan fingerprint density at radius 1 is 0.944 bits per heavy atom. The first-order valence-electron chi connectivity index (χ1n) is 13.0. The Balaban J connectivity index is 1.19. The Bertz CT molecular complexity index is 1310. The number of benzene rings is 2. The van der Waals surface area contributed by atoms with E-state index in [4.69, 9.17) is 4.98 Å². The number of anilines is 1. The summed E-state index contributed by atoms with van der Waals surface area (Å²) in [6.45, 7) is 14.9. The van der Waals surface area contributed by atoms with E-state index >= 15 is 0 Å². The molecule has 3 heterocycles. The topological polar surface area (TPSA) is 24.3 Å². The van der Waals surface area contributed by atoms with E-state index in [1.54, 1.807) is 0 Å². The van der Waals surface area contributed by atoms with E-state index in [9.17, 15) is 0 Å². The third-order valence-electron chi connectivity index (χ3n) is 7.48. The van der Waals surface area contributed by atoms with Gasteiger partial charge in [-0.1, -0.05) is 55.6 Å². The van der Waals surface area contributed by atoms with Crippen molar-refractivity contribution in [3.63, 3.8) is 0 Å². The molecule has 5 rings (SSSR count). The lowest BCUT2D eigenvalue weighted by molar-refractivity contribution is 0.204. The van der Waals surface area contributed by atoms with Crippen LogP contribution in [0.2, 0.25) is 0 Å². The van der Waals surface area contributed by atoms with Crippen LogP contribution in [0.3, 0.4) is 0 Å². The van der Waals surface area contributed by atoms with Crippen molar-refractivity contribution < 1.29 is 0 Å². The van der Waals surface area contributed by atoms with Crippen LogP contribution >= 0.6 is 0 Å². The van der Waals surface area contributed by atoms with Crippen LogP contribution in [-0.4, -0.2) is 34.1 Å². The Kier molecular flexibility index (Phi) is 7.33. The minimum atomic E-state index is 0.584. The fraction of sp³-hybridized carbons (Fsp3) is 0.281. The van der Waals surface area contributed by atoms with Crippen LogP contribution in [0.15, 0.2) is 92.4 Å². The molecular weight excluding hydrogens is 440 g/mol. The number of hydrogen-bond donors (Lipinski definition) is 0. The molecule has 0 amide bonds. The Hall–Kier alpha value is -3.63. The molecule has 0 aliphatic carbocycles. The Morgan fingerprint density at radius 2 is 1.64 bits per heavy atom. The number of rotatable bonds is 9. The van der Waals surface area contributed by atoms with E-state index < -0.39 is 0 Å². The van der Waals surface area contributed by atoms with Gasteiger partial charge >= 0.3 is 0 Å². The highest BCUT2D eigenvalue weighted by Gasteiger charge is 2.21. The van der Waals surface area contributed by atoms with Crippen LogP contribution in [0.5, 0.6) is 0 Å². The van der Waals surface area contributed by atoms with Gasteiger partial charge in [-0.15, -0.1) is 0 Å². The fourth-order valence-electron chi connectivity index (χ4n) is 5.29. The van der Waals surface area contributed by atoms with Gasteiger partial charge in [0.1, 0.15) is 5.65 Å². The van der Waals surface area contributed by atoms with Crippen LogP contribution in [0.1, 0.15) is 47.9 Å². The lowest BCUT2D eigenvalue weighted by Gasteiger charge is -2.32. The van der Waals surface area contributed by atoms with Crippen molar-refractivity contribution >= 4 is 22.8 Å². The smallest absolute Gasteiger partial charge is 0.140 e. The second-order valence-electron chi connectivity index (χ2n) is 9.76. The number of nitrogens with zero attached hydrogens (tertiary/aromatic N) is 4. The number of pyridine rings is 1. The van der Waals surface area contributed by atoms with E-state index in [-0.39, 0.29) is 0 Å². The normalized spacial score (nSPS) is 14.7. The molecule has 36 heavy (non-hydrogen) atoms. The standard InChI is InChI=1S/C32H36N4/c1-4-25-7-9-27(10-8-25)24-36-20-17-29-21-30(22-33-32(29)36)28-15-18-34(19-16-28)23-26-11-13-31(14-12-26)35(5-2)6-3/h4-5,7-14,17,20-22,28H,1-2,6,15-16,18-19,23-24H2,3H3. The van der Waals surface area contributed by atoms with Crippen molar-refractivity contribution in [2.75, 3.05) is 24.5 Å². The van der Waals surface area contributed by atoms with Crippen molar-refractivity contribution in [1.82, 2.24) is 14.5 Å². The molecule has 0 N–H and O–H groups in total. The average molecular weight is 477 g/mol. The molecular formula is C32H36N4. The first-order chi connectivity index (χ1) is 17.7. The molecule has 184 valence electrons. The molecule has 0 atom stereocenters. The highest BCUT2D eigenvalue weighted by atomic mass is 15.1. The van der Waals surface area contributed by atoms with Crippen molar-refractivity contribution in [2.45, 2.75) is 38.8 Å². The van der Waals surface area contributed by atoms with Gasteiger partial charge in [-0.2, -0.15) is 0 Å². The van der Waals surface area contributed by atoms with Crippen LogP contribution in [0, 0.1) is 0 Å². The van der Waals surface area contributed by atoms with Gasteiger partial charge < -0.3 is 9.47 Å². The van der Waals surface area contributed by atoms with Crippen molar-refractivity contribution in [3.05, 3.63) is 115 Å². The lowest BCUT2D eigenvalue weighted by atomic mass is 9.90. The summed E-state index contributed by atoms with van der Waals surface area (Å²) < 4.78 is 2.24. The van der Waals surface area contributed by atoms with E-state index in [2.05, 4.69) is 108 Å². The monoisotopic (exact) mass is 476 g/mol. The van der Waals surface area contributed by atoms with E-state index in [1.807, 2.05) is 12.3 Å². The first-order valence-corrected chi connectivity index (χ1v) is 13.0. The second-order valence-corrected chi connectivity index (χ2v) is 9.76. The Labute approximate surface area is 215 Å². The Morgan fingerprint density at radius 3 is 2.31 bits per heavy atom. The number of aromatic nitrogens is 2. The maximum atomic E-state index is 4.89. The molecule has 1 aliphatic rings. The summed E-state index contributed by atoms with van der Waals surface area (Å²) in [4.78, 5) is 9.63. The molecule has 1 saturated heterocycles. The molecule has 0 bridgehead atoms. The summed E-state index contributed by atoms with van der Waals surface area (Å²) in [5.74, 6) is 0.584. The SMILES string of the molecule is C=Cc1ccc(Cn2ccc3cc(C4CCN(Cc5ccc(N(C=C)CC)cc5)CC4)cnc32)cc1. The number of fused-ring (bicyclic) bond motifs is 1. The molecule has 0 spiro atoms. The van der Waals surface area contributed by atoms with Gasteiger partial charge in [0.2, 0.25) is 0 Å². The largest absolute Gasteiger partial charge is 0.349 e. The summed E-state index contributed by atoms with van der Waals surface area (Å²) in [6, 6.07) is 22.0. The minimum absolute atomic E-state index is 0.584. The fourth-order valence-corrected chi connectivity index (χ4v) is 5.29. The molecule has 0 radical (unpaired) electrons.